The fraction of sp³-hybridized carbons (Fsp3) is 0.714. The monoisotopic (exact) mass is 266 g/mol. The first-order valence-corrected chi connectivity index (χ1v) is 7.14. The summed E-state index contributed by atoms with van der Waals surface area (Å²) in [5.41, 5.74) is 7.07. The van der Waals surface area contributed by atoms with Crippen LogP contribution in [0.1, 0.15) is 49.2 Å². The molecule has 0 saturated carbocycles. The van der Waals surface area contributed by atoms with Crippen LogP contribution in [0.25, 0.3) is 0 Å². The lowest BCUT2D eigenvalue weighted by molar-refractivity contribution is 0.0945. The number of carbonyl (C=O) groups is 1. The molecule has 0 spiro atoms. The molecule has 0 unspecified atom stereocenters. The van der Waals surface area contributed by atoms with Crippen LogP contribution in [-0.4, -0.2) is 28.8 Å². The highest BCUT2D eigenvalue weighted by Crippen LogP contribution is 2.09. The molecule has 1 aromatic heterocycles. The van der Waals surface area contributed by atoms with E-state index in [4.69, 9.17) is 5.73 Å². The van der Waals surface area contributed by atoms with Crippen LogP contribution in [0.5, 0.6) is 0 Å². The average Bonchev–Trinajstić information content (AvgIpc) is 2.78. The first kappa shape index (κ1) is 15.7. The molecule has 0 radical (unpaired) electrons. The van der Waals surface area contributed by atoms with Crippen molar-refractivity contribution in [2.75, 3.05) is 13.1 Å². The number of hydrogen-bond acceptors (Lipinski definition) is 3. The molecule has 0 aliphatic rings. The van der Waals surface area contributed by atoms with Crippen LogP contribution in [0.4, 0.5) is 0 Å². The topological polar surface area (TPSA) is 72.9 Å². The van der Waals surface area contributed by atoms with Crippen molar-refractivity contribution >= 4 is 5.91 Å². The zero-order chi connectivity index (χ0) is 14.3. The Balaban J connectivity index is 2.59. The molecule has 0 atom stereocenters. The Hall–Kier alpha value is -1.36. The third-order valence-corrected chi connectivity index (χ3v) is 3.63. The number of carbonyl (C=O) groups excluding carboxylic acids is 1. The smallest absolute Gasteiger partial charge is 0.254 e. The van der Waals surface area contributed by atoms with Gasteiger partial charge in [0.15, 0.2) is 0 Å². The molecular weight excluding hydrogens is 240 g/mol. The number of nitrogens with two attached hydrogens (primary N) is 1. The van der Waals surface area contributed by atoms with Crippen molar-refractivity contribution in [1.82, 2.24) is 15.1 Å². The second-order valence-electron chi connectivity index (χ2n) is 4.90. The summed E-state index contributed by atoms with van der Waals surface area (Å²) in [6.07, 6.45) is 4.70. The highest BCUT2D eigenvalue weighted by atomic mass is 16.1. The summed E-state index contributed by atoms with van der Waals surface area (Å²) < 4.78 is 1.85. The van der Waals surface area contributed by atoms with E-state index in [-0.39, 0.29) is 5.91 Å². The van der Waals surface area contributed by atoms with Gasteiger partial charge in [0.1, 0.15) is 0 Å². The van der Waals surface area contributed by atoms with E-state index in [1.807, 2.05) is 11.6 Å². The van der Waals surface area contributed by atoms with Gasteiger partial charge >= 0.3 is 0 Å². The second kappa shape index (κ2) is 7.94. The quantitative estimate of drug-likeness (QED) is 0.752. The third kappa shape index (κ3) is 4.35. The van der Waals surface area contributed by atoms with Gasteiger partial charge in [-0.15, -0.1) is 0 Å². The van der Waals surface area contributed by atoms with Crippen molar-refractivity contribution in [2.45, 2.75) is 46.6 Å². The van der Waals surface area contributed by atoms with E-state index >= 15 is 0 Å². The lowest BCUT2D eigenvalue weighted by Crippen LogP contribution is -2.29. The van der Waals surface area contributed by atoms with Gasteiger partial charge in [-0.05, 0) is 25.8 Å². The number of aryl methyl sites for hydroxylation is 1. The summed E-state index contributed by atoms with van der Waals surface area (Å²) in [5.74, 6) is 0.528. The maximum Gasteiger partial charge on any atom is 0.254 e. The van der Waals surface area contributed by atoms with Crippen LogP contribution in [0.15, 0.2) is 6.20 Å². The minimum atomic E-state index is -0.0246. The van der Waals surface area contributed by atoms with Gasteiger partial charge in [-0.3, -0.25) is 9.48 Å². The van der Waals surface area contributed by atoms with E-state index in [2.05, 4.69) is 24.3 Å². The molecule has 5 heteroatoms. The minimum Gasteiger partial charge on any atom is -0.352 e. The van der Waals surface area contributed by atoms with E-state index < -0.39 is 0 Å². The average molecular weight is 266 g/mol. The molecule has 1 heterocycles. The zero-order valence-corrected chi connectivity index (χ0v) is 12.3. The molecule has 5 nitrogen and oxygen atoms in total. The van der Waals surface area contributed by atoms with Crippen molar-refractivity contribution in [3.05, 3.63) is 17.5 Å². The van der Waals surface area contributed by atoms with E-state index in [0.717, 1.165) is 38.0 Å². The van der Waals surface area contributed by atoms with E-state index in [1.54, 1.807) is 6.20 Å². The fourth-order valence-corrected chi connectivity index (χ4v) is 2.05. The number of nitrogens with one attached hydrogen (secondary N) is 1. The Bertz CT molecular complexity index is 396. The lowest BCUT2D eigenvalue weighted by Gasteiger charge is -2.13. The predicted molar refractivity (Wildman–Crippen MR) is 77.0 cm³/mol. The van der Waals surface area contributed by atoms with Gasteiger partial charge in [0.2, 0.25) is 0 Å². The minimum absolute atomic E-state index is 0.0246. The van der Waals surface area contributed by atoms with Gasteiger partial charge in [0.25, 0.3) is 5.91 Å². The first-order chi connectivity index (χ1) is 9.13. The van der Waals surface area contributed by atoms with Crippen molar-refractivity contribution < 1.29 is 4.79 Å². The first-order valence-electron chi connectivity index (χ1n) is 7.14. The number of rotatable bonds is 8. The van der Waals surface area contributed by atoms with Gasteiger partial charge in [-0.25, -0.2) is 0 Å². The Morgan fingerprint density at radius 2 is 2.16 bits per heavy atom. The van der Waals surface area contributed by atoms with Gasteiger partial charge in [0.05, 0.1) is 11.8 Å². The SMILES string of the molecule is CCC(CC)CNC(=O)c1cnn(CCCN)c1C. The third-order valence-electron chi connectivity index (χ3n) is 3.63. The number of amides is 1. The van der Waals surface area contributed by atoms with Crippen LogP contribution in [-0.2, 0) is 6.54 Å². The standard InChI is InChI=1S/C14H26N4O/c1-4-12(5-2)9-16-14(19)13-10-17-18(11(13)3)8-6-7-15/h10,12H,4-9,15H2,1-3H3,(H,16,19). The van der Waals surface area contributed by atoms with Gasteiger partial charge < -0.3 is 11.1 Å². The van der Waals surface area contributed by atoms with Crippen LogP contribution < -0.4 is 11.1 Å². The fourth-order valence-electron chi connectivity index (χ4n) is 2.05. The molecule has 1 aromatic rings. The van der Waals surface area contributed by atoms with Crippen LogP contribution >= 0.6 is 0 Å². The molecule has 1 amide bonds. The Morgan fingerprint density at radius 3 is 2.74 bits per heavy atom. The summed E-state index contributed by atoms with van der Waals surface area (Å²) in [4.78, 5) is 12.1. The summed E-state index contributed by atoms with van der Waals surface area (Å²) in [6.45, 7) is 8.36. The van der Waals surface area contributed by atoms with Gasteiger partial charge in [-0.2, -0.15) is 5.10 Å². The molecule has 1 rings (SSSR count). The molecule has 3 N–H and O–H groups in total. The molecule has 0 saturated heterocycles. The van der Waals surface area contributed by atoms with E-state index in [0.29, 0.717) is 18.0 Å². The summed E-state index contributed by atoms with van der Waals surface area (Å²) in [5, 5.41) is 7.24. The molecule has 0 fully saturated rings. The highest BCUT2D eigenvalue weighted by Gasteiger charge is 2.14. The zero-order valence-electron chi connectivity index (χ0n) is 12.3. The van der Waals surface area contributed by atoms with Crippen molar-refractivity contribution in [3.63, 3.8) is 0 Å². The molecule has 0 aliphatic heterocycles. The lowest BCUT2D eigenvalue weighted by atomic mass is 10.0. The number of hydrogen-bond donors (Lipinski definition) is 2. The number of nitrogens with zero attached hydrogens (tertiary/aromatic N) is 2. The van der Waals surface area contributed by atoms with Crippen LogP contribution in [0.3, 0.4) is 0 Å². The van der Waals surface area contributed by atoms with Gasteiger partial charge in [0, 0.05) is 18.8 Å². The Kier molecular flexibility index (Phi) is 6.56. The summed E-state index contributed by atoms with van der Waals surface area (Å²) in [6, 6.07) is 0. The Morgan fingerprint density at radius 1 is 1.47 bits per heavy atom. The molecule has 0 aromatic carbocycles. The number of aromatic nitrogens is 2. The predicted octanol–water partition coefficient (Wildman–Crippen LogP) is 1.71. The highest BCUT2D eigenvalue weighted by molar-refractivity contribution is 5.95. The second-order valence-corrected chi connectivity index (χ2v) is 4.90. The van der Waals surface area contributed by atoms with Gasteiger partial charge in [-0.1, -0.05) is 26.7 Å². The van der Waals surface area contributed by atoms with Crippen LogP contribution in [0.2, 0.25) is 0 Å². The van der Waals surface area contributed by atoms with E-state index in [1.165, 1.54) is 0 Å². The summed E-state index contributed by atoms with van der Waals surface area (Å²) >= 11 is 0. The normalized spacial score (nSPS) is 11.0. The van der Waals surface area contributed by atoms with Crippen molar-refractivity contribution in [2.24, 2.45) is 11.7 Å². The maximum atomic E-state index is 12.1. The molecular formula is C14H26N4O. The van der Waals surface area contributed by atoms with Crippen molar-refractivity contribution in [1.29, 1.82) is 0 Å². The van der Waals surface area contributed by atoms with Crippen LogP contribution in [0, 0.1) is 12.8 Å². The molecule has 19 heavy (non-hydrogen) atoms. The van der Waals surface area contributed by atoms with Crippen molar-refractivity contribution in [3.8, 4) is 0 Å². The summed E-state index contributed by atoms with van der Waals surface area (Å²) in [7, 11) is 0. The molecule has 108 valence electrons. The molecule has 0 aliphatic carbocycles. The van der Waals surface area contributed by atoms with E-state index in [9.17, 15) is 4.79 Å². The maximum absolute atomic E-state index is 12.1. The Labute approximate surface area is 115 Å². The largest absolute Gasteiger partial charge is 0.352 e. The molecule has 0 bridgehead atoms.